The summed E-state index contributed by atoms with van der Waals surface area (Å²) in [5.41, 5.74) is -1.91. The van der Waals surface area contributed by atoms with E-state index < -0.39 is 40.5 Å². The second kappa shape index (κ2) is 12.6. The van der Waals surface area contributed by atoms with Crippen LogP contribution >= 0.6 is 55.1 Å². The van der Waals surface area contributed by atoms with Gasteiger partial charge in [0.15, 0.2) is 11.2 Å². The zero-order chi connectivity index (χ0) is 30.9. The van der Waals surface area contributed by atoms with E-state index in [9.17, 15) is 20.0 Å². The summed E-state index contributed by atoms with van der Waals surface area (Å²) in [5.74, 6) is -4.58. The molecule has 0 unspecified atom stereocenters. The number of nitrogens with zero attached hydrogens (tertiary/aromatic N) is 1. The first-order chi connectivity index (χ1) is 20.5. The Balaban J connectivity index is 1.91. The van der Waals surface area contributed by atoms with Crippen molar-refractivity contribution in [3.05, 3.63) is 138 Å². The molecule has 0 bridgehead atoms. The van der Waals surface area contributed by atoms with Crippen LogP contribution in [0.2, 0.25) is 10.0 Å². The van der Waals surface area contributed by atoms with E-state index in [0.717, 1.165) is 4.47 Å². The number of hydrogen-bond acceptors (Lipinski definition) is 5. The third-order valence-corrected chi connectivity index (χ3v) is 9.82. The summed E-state index contributed by atoms with van der Waals surface area (Å²) in [6, 6.07) is 29.7. The van der Waals surface area contributed by atoms with Gasteiger partial charge in [0, 0.05) is 36.4 Å². The highest BCUT2D eigenvalue weighted by atomic mass is 79.9. The molecule has 4 aromatic carbocycles. The molecule has 0 saturated heterocycles. The van der Waals surface area contributed by atoms with Crippen molar-refractivity contribution in [2.75, 3.05) is 7.11 Å². The van der Waals surface area contributed by atoms with E-state index in [1.165, 1.54) is 7.11 Å². The van der Waals surface area contributed by atoms with Crippen LogP contribution in [0.1, 0.15) is 45.3 Å². The molecule has 0 aliphatic heterocycles. The maximum Gasteiger partial charge on any atom is 0.327 e. The van der Waals surface area contributed by atoms with Crippen LogP contribution in [-0.2, 0) is 15.1 Å². The number of aliphatic hydroxyl groups is 1. The van der Waals surface area contributed by atoms with Crippen LogP contribution < -0.4 is 0 Å². The summed E-state index contributed by atoms with van der Waals surface area (Å²) >= 11 is 19.4. The Kier molecular flexibility index (Phi) is 9.18. The maximum atomic E-state index is 14.7. The second-order valence-corrected chi connectivity index (χ2v) is 13.3. The zero-order valence-electron chi connectivity index (χ0n) is 22.8. The molecule has 4 aromatic rings. The second-order valence-electron chi connectivity index (χ2n) is 10.6. The Morgan fingerprint density at radius 3 is 1.95 bits per heavy atom. The Morgan fingerprint density at radius 1 is 0.884 bits per heavy atom. The van der Waals surface area contributed by atoms with Gasteiger partial charge in [0.25, 0.3) is 0 Å². The normalized spacial score (nSPS) is 25.0. The van der Waals surface area contributed by atoms with Crippen molar-refractivity contribution in [3.8, 4) is 6.07 Å². The Hall–Kier alpha value is -2.99. The van der Waals surface area contributed by atoms with Gasteiger partial charge in [-0.3, -0.25) is 9.59 Å². The zero-order valence-corrected chi connectivity index (χ0v) is 27.5. The predicted octanol–water partition coefficient (Wildman–Crippen LogP) is 8.86. The molecule has 0 heterocycles. The highest BCUT2D eigenvalue weighted by molar-refractivity contribution is 9.10. The van der Waals surface area contributed by atoms with E-state index in [1.807, 2.05) is 24.3 Å². The average Bonchev–Trinajstić information content (AvgIpc) is 3.00. The quantitative estimate of drug-likeness (QED) is 0.158. The molecule has 0 amide bonds. The minimum atomic E-state index is -1.91. The number of methoxy groups -OCH3 is 1. The van der Waals surface area contributed by atoms with Crippen molar-refractivity contribution in [1.29, 1.82) is 5.26 Å². The van der Waals surface area contributed by atoms with Crippen molar-refractivity contribution in [3.63, 3.8) is 0 Å². The molecule has 1 fully saturated rings. The number of esters is 1. The number of rotatable bonds is 6. The first-order valence-corrected chi connectivity index (χ1v) is 15.7. The van der Waals surface area contributed by atoms with Crippen molar-refractivity contribution < 1.29 is 19.4 Å². The van der Waals surface area contributed by atoms with Crippen LogP contribution in [0, 0.1) is 22.7 Å². The van der Waals surface area contributed by atoms with Crippen LogP contribution in [0.25, 0.3) is 0 Å². The molecular weight excluding hydrogens is 717 g/mol. The summed E-state index contributed by atoms with van der Waals surface area (Å²) in [5, 5.41) is 25.0. The molecule has 0 aromatic heterocycles. The molecule has 1 aliphatic rings. The lowest BCUT2D eigenvalue weighted by atomic mass is 9.47. The minimum absolute atomic E-state index is 0.137. The minimum Gasteiger partial charge on any atom is -0.468 e. The Morgan fingerprint density at radius 2 is 1.42 bits per heavy atom. The average molecular weight is 742 g/mol. The van der Waals surface area contributed by atoms with E-state index in [4.69, 9.17) is 27.9 Å². The Labute approximate surface area is 276 Å². The van der Waals surface area contributed by atoms with Gasteiger partial charge in [0.2, 0.25) is 0 Å². The van der Waals surface area contributed by atoms with Gasteiger partial charge in [0.05, 0.1) is 19.1 Å². The number of ether oxygens (including phenoxy) is 1. The Bertz CT molecular complexity index is 1720. The molecule has 9 heteroatoms. The molecular formula is C34H25Br2Cl2NO4. The molecule has 218 valence electrons. The summed E-state index contributed by atoms with van der Waals surface area (Å²) in [6.07, 6.45) is -0.137. The van der Waals surface area contributed by atoms with Gasteiger partial charge in [-0.2, -0.15) is 5.26 Å². The molecule has 5 nitrogen and oxygen atoms in total. The van der Waals surface area contributed by atoms with Crippen molar-refractivity contribution in [2.45, 2.75) is 23.9 Å². The van der Waals surface area contributed by atoms with Crippen molar-refractivity contribution in [1.82, 2.24) is 0 Å². The summed E-state index contributed by atoms with van der Waals surface area (Å²) in [6.45, 7) is 0. The van der Waals surface area contributed by atoms with E-state index >= 15 is 0 Å². The van der Waals surface area contributed by atoms with Gasteiger partial charge in [-0.25, -0.2) is 0 Å². The maximum absolute atomic E-state index is 14.7. The standard InChI is InChI=1S/C34H25Br2Cl2NO4/c1-43-32(41)33(19-39)28(21-4-2-6-24(35)16-21)18-34(42,23-10-14-27(38)15-11-23)30(29(33)22-5-3-7-25(36)17-22)31(40)20-8-12-26(37)13-9-20/h2-17,28-30,42H,18H2,1H3/t28-,29-,30+,33+,34-/m0/s1. The number of Topliss-reactive ketones (excluding diaryl/α,β-unsaturated/α-hetero) is 1. The lowest BCUT2D eigenvalue weighted by Gasteiger charge is -2.54. The van der Waals surface area contributed by atoms with E-state index in [2.05, 4.69) is 37.9 Å². The van der Waals surface area contributed by atoms with Crippen molar-refractivity contribution in [2.24, 2.45) is 11.3 Å². The van der Waals surface area contributed by atoms with Gasteiger partial charge in [-0.1, -0.05) is 91.5 Å². The topological polar surface area (TPSA) is 87.4 Å². The number of nitriles is 1. The highest BCUT2D eigenvalue weighted by Gasteiger charge is 2.67. The van der Waals surface area contributed by atoms with Gasteiger partial charge >= 0.3 is 5.97 Å². The first kappa shape index (κ1) is 31.4. The number of hydrogen-bond donors (Lipinski definition) is 1. The van der Waals surface area contributed by atoms with Crippen LogP contribution in [0.15, 0.2) is 106 Å². The molecule has 1 saturated carbocycles. The van der Waals surface area contributed by atoms with E-state index in [-0.39, 0.29) is 12.0 Å². The number of halogens is 4. The summed E-state index contributed by atoms with van der Waals surface area (Å²) < 4.78 is 6.79. The predicted molar refractivity (Wildman–Crippen MR) is 173 cm³/mol. The summed E-state index contributed by atoms with van der Waals surface area (Å²) in [7, 11) is 1.23. The number of carbonyl (C=O) groups excluding carboxylic acids is 2. The molecule has 5 rings (SSSR count). The largest absolute Gasteiger partial charge is 0.468 e. The van der Waals surface area contributed by atoms with Gasteiger partial charge < -0.3 is 9.84 Å². The number of carbonyl (C=O) groups is 2. The highest BCUT2D eigenvalue weighted by Crippen LogP contribution is 2.64. The monoisotopic (exact) mass is 739 g/mol. The lowest BCUT2D eigenvalue weighted by Crippen LogP contribution is -2.59. The van der Waals surface area contributed by atoms with E-state index in [1.54, 1.807) is 72.8 Å². The molecule has 1 N–H and O–H groups in total. The van der Waals surface area contributed by atoms with Gasteiger partial charge in [0.1, 0.15) is 5.60 Å². The number of benzene rings is 4. The number of ketones is 1. The van der Waals surface area contributed by atoms with Crippen LogP contribution in [0.5, 0.6) is 0 Å². The van der Waals surface area contributed by atoms with Crippen molar-refractivity contribution >= 4 is 66.8 Å². The SMILES string of the molecule is COC(=O)[C@]1(C#N)[C@H](c2cccc(Br)c2)C[C@](O)(c2ccc(Cl)cc2)[C@@H](C(=O)c2ccc(Cl)cc2)[C@@H]1c1cccc(Br)c1. The molecule has 43 heavy (non-hydrogen) atoms. The first-order valence-electron chi connectivity index (χ1n) is 13.3. The van der Waals surface area contributed by atoms with Gasteiger partial charge in [-0.05, 0) is 83.8 Å². The lowest BCUT2D eigenvalue weighted by molar-refractivity contribution is -0.162. The fraction of sp³-hybridized carbons (Fsp3) is 0.206. The van der Waals surface area contributed by atoms with Crippen LogP contribution in [0.3, 0.4) is 0 Å². The fourth-order valence-electron chi connectivity index (χ4n) is 6.44. The molecule has 5 atom stereocenters. The van der Waals surface area contributed by atoms with Gasteiger partial charge in [-0.15, -0.1) is 0 Å². The molecule has 0 radical (unpaired) electrons. The van der Waals surface area contributed by atoms with Crippen LogP contribution in [-0.4, -0.2) is 24.0 Å². The smallest absolute Gasteiger partial charge is 0.327 e. The summed E-state index contributed by atoms with van der Waals surface area (Å²) in [4.78, 5) is 28.8. The molecule has 0 spiro atoms. The van der Waals surface area contributed by atoms with Crippen LogP contribution in [0.4, 0.5) is 0 Å². The fourth-order valence-corrected chi connectivity index (χ4v) is 7.53. The third-order valence-electron chi connectivity index (χ3n) is 8.33. The van der Waals surface area contributed by atoms with E-state index in [0.29, 0.717) is 31.2 Å². The molecule has 1 aliphatic carbocycles. The third kappa shape index (κ3) is 5.68.